The van der Waals surface area contributed by atoms with Crippen molar-refractivity contribution in [2.45, 2.75) is 45.6 Å². The molecule has 100 valence electrons. The number of rotatable bonds is 5. The Hall–Kier alpha value is -1.36. The molecule has 0 atom stereocenters. The summed E-state index contributed by atoms with van der Waals surface area (Å²) in [6.45, 7) is 4.87. The van der Waals surface area contributed by atoms with Crippen LogP contribution in [0, 0.1) is 13.8 Å². The van der Waals surface area contributed by atoms with Crippen LogP contribution in [-0.4, -0.2) is 34.3 Å². The number of aryl methyl sites for hydroxylation is 1. The summed E-state index contributed by atoms with van der Waals surface area (Å²) in [6.07, 6.45) is 4.44. The van der Waals surface area contributed by atoms with Crippen LogP contribution in [0.3, 0.4) is 0 Å². The van der Waals surface area contributed by atoms with Crippen LogP contribution in [0.25, 0.3) is 0 Å². The molecule has 0 bridgehead atoms. The molecule has 1 aliphatic rings. The molecule has 0 spiro atoms. The van der Waals surface area contributed by atoms with E-state index in [2.05, 4.69) is 14.9 Å². The number of hydrogen-bond acceptors (Lipinski definition) is 5. The van der Waals surface area contributed by atoms with Crippen molar-refractivity contribution in [1.29, 1.82) is 0 Å². The highest BCUT2D eigenvalue weighted by Crippen LogP contribution is 2.31. The first-order chi connectivity index (χ1) is 8.63. The summed E-state index contributed by atoms with van der Waals surface area (Å²) in [5.74, 6) is 2.21. The second-order valence-corrected chi connectivity index (χ2v) is 4.96. The van der Waals surface area contributed by atoms with Crippen LogP contribution >= 0.6 is 0 Å². The molecule has 18 heavy (non-hydrogen) atoms. The van der Waals surface area contributed by atoms with Gasteiger partial charge in [-0.3, -0.25) is 0 Å². The predicted molar refractivity (Wildman–Crippen MR) is 72.6 cm³/mol. The molecule has 0 unspecified atom stereocenters. The molecule has 0 radical (unpaired) electrons. The van der Waals surface area contributed by atoms with Crippen molar-refractivity contribution in [2.75, 3.05) is 23.8 Å². The third-order valence-electron chi connectivity index (χ3n) is 3.61. The molecule has 5 heteroatoms. The van der Waals surface area contributed by atoms with Crippen molar-refractivity contribution in [3.63, 3.8) is 0 Å². The van der Waals surface area contributed by atoms with Crippen molar-refractivity contribution >= 4 is 11.6 Å². The largest absolute Gasteiger partial charge is 0.396 e. The third-order valence-corrected chi connectivity index (χ3v) is 3.61. The number of hydrogen-bond donors (Lipinski definition) is 2. The molecule has 1 heterocycles. The summed E-state index contributed by atoms with van der Waals surface area (Å²) in [5.41, 5.74) is 6.87. The lowest BCUT2D eigenvalue weighted by Crippen LogP contribution is -2.42. The van der Waals surface area contributed by atoms with Crippen molar-refractivity contribution in [1.82, 2.24) is 9.97 Å². The van der Waals surface area contributed by atoms with Crippen LogP contribution in [0.2, 0.25) is 0 Å². The molecule has 0 amide bonds. The average Bonchev–Trinajstić information content (AvgIpc) is 2.26. The number of aromatic nitrogens is 2. The zero-order valence-corrected chi connectivity index (χ0v) is 11.2. The Morgan fingerprint density at radius 3 is 2.61 bits per heavy atom. The summed E-state index contributed by atoms with van der Waals surface area (Å²) in [7, 11) is 0. The van der Waals surface area contributed by atoms with E-state index in [0.29, 0.717) is 17.7 Å². The summed E-state index contributed by atoms with van der Waals surface area (Å²) in [5, 5.41) is 9.03. The minimum absolute atomic E-state index is 0.210. The lowest BCUT2D eigenvalue weighted by Gasteiger charge is -2.39. The quantitative estimate of drug-likeness (QED) is 0.826. The highest BCUT2D eigenvalue weighted by Gasteiger charge is 2.27. The maximum absolute atomic E-state index is 9.03. The molecule has 1 aromatic rings. The average molecular weight is 250 g/mol. The fourth-order valence-corrected chi connectivity index (χ4v) is 2.32. The van der Waals surface area contributed by atoms with Crippen LogP contribution in [0.4, 0.5) is 11.6 Å². The van der Waals surface area contributed by atoms with Gasteiger partial charge in [-0.05, 0) is 39.5 Å². The number of aliphatic hydroxyl groups excluding tert-OH is 1. The molecular weight excluding hydrogens is 228 g/mol. The van der Waals surface area contributed by atoms with E-state index in [1.165, 1.54) is 19.3 Å². The standard InChI is InChI=1S/C13H22N4O/c1-9-12(14)15-10(2)16-13(9)17(7-4-8-18)11-5-3-6-11/h11,18H,3-8H2,1-2H3,(H2,14,15,16). The third kappa shape index (κ3) is 2.56. The first kappa shape index (κ1) is 13.1. The fourth-order valence-electron chi connectivity index (χ4n) is 2.32. The van der Waals surface area contributed by atoms with E-state index in [4.69, 9.17) is 10.8 Å². The van der Waals surface area contributed by atoms with Gasteiger partial charge in [-0.1, -0.05) is 0 Å². The first-order valence-electron chi connectivity index (χ1n) is 6.61. The van der Waals surface area contributed by atoms with Gasteiger partial charge in [0.15, 0.2) is 0 Å². The van der Waals surface area contributed by atoms with Gasteiger partial charge < -0.3 is 15.7 Å². The SMILES string of the molecule is Cc1nc(N)c(C)c(N(CCCO)C2CCC2)n1. The highest BCUT2D eigenvalue weighted by molar-refractivity contribution is 5.57. The maximum atomic E-state index is 9.03. The van der Waals surface area contributed by atoms with Gasteiger partial charge in [0.25, 0.3) is 0 Å². The molecule has 2 rings (SSSR count). The van der Waals surface area contributed by atoms with Crippen molar-refractivity contribution < 1.29 is 5.11 Å². The van der Waals surface area contributed by atoms with Crippen molar-refractivity contribution in [3.8, 4) is 0 Å². The van der Waals surface area contributed by atoms with E-state index in [-0.39, 0.29) is 6.61 Å². The van der Waals surface area contributed by atoms with Crippen molar-refractivity contribution in [3.05, 3.63) is 11.4 Å². The van der Waals surface area contributed by atoms with E-state index in [0.717, 1.165) is 24.3 Å². The van der Waals surface area contributed by atoms with E-state index in [1.807, 2.05) is 13.8 Å². The highest BCUT2D eigenvalue weighted by atomic mass is 16.3. The molecular formula is C13H22N4O. The number of nitrogens with zero attached hydrogens (tertiary/aromatic N) is 3. The van der Waals surface area contributed by atoms with Crippen LogP contribution in [0.1, 0.15) is 37.1 Å². The van der Waals surface area contributed by atoms with E-state index in [9.17, 15) is 0 Å². The second kappa shape index (κ2) is 5.52. The number of aliphatic hydroxyl groups is 1. The summed E-state index contributed by atoms with van der Waals surface area (Å²) in [6, 6.07) is 0.545. The maximum Gasteiger partial charge on any atom is 0.137 e. The van der Waals surface area contributed by atoms with Crippen LogP contribution in [0.5, 0.6) is 0 Å². The Labute approximate surface area is 108 Å². The molecule has 3 N–H and O–H groups in total. The topological polar surface area (TPSA) is 75.3 Å². The Morgan fingerprint density at radius 1 is 1.33 bits per heavy atom. The molecule has 0 saturated heterocycles. The molecule has 1 saturated carbocycles. The molecule has 5 nitrogen and oxygen atoms in total. The van der Waals surface area contributed by atoms with Gasteiger partial charge in [-0.25, -0.2) is 9.97 Å². The van der Waals surface area contributed by atoms with Crippen molar-refractivity contribution in [2.24, 2.45) is 0 Å². The summed E-state index contributed by atoms with van der Waals surface area (Å²) < 4.78 is 0. The molecule has 0 aromatic carbocycles. The predicted octanol–water partition coefficient (Wildman–Crippen LogP) is 1.42. The van der Waals surface area contributed by atoms with Gasteiger partial charge in [0, 0.05) is 24.8 Å². The van der Waals surface area contributed by atoms with Gasteiger partial charge in [0.1, 0.15) is 17.5 Å². The van der Waals surface area contributed by atoms with Gasteiger partial charge in [0.2, 0.25) is 0 Å². The van der Waals surface area contributed by atoms with Crippen LogP contribution in [0.15, 0.2) is 0 Å². The van der Waals surface area contributed by atoms with Crippen LogP contribution in [-0.2, 0) is 0 Å². The number of nitrogens with two attached hydrogens (primary N) is 1. The Morgan fingerprint density at radius 2 is 2.06 bits per heavy atom. The Balaban J connectivity index is 2.28. The zero-order valence-electron chi connectivity index (χ0n) is 11.2. The van der Waals surface area contributed by atoms with Gasteiger partial charge in [-0.15, -0.1) is 0 Å². The molecule has 0 aliphatic heterocycles. The van der Waals surface area contributed by atoms with Gasteiger partial charge >= 0.3 is 0 Å². The van der Waals surface area contributed by atoms with Gasteiger partial charge in [0.05, 0.1) is 0 Å². The number of nitrogen functional groups attached to an aromatic ring is 1. The van der Waals surface area contributed by atoms with Gasteiger partial charge in [-0.2, -0.15) is 0 Å². The summed E-state index contributed by atoms with van der Waals surface area (Å²) >= 11 is 0. The fraction of sp³-hybridized carbons (Fsp3) is 0.692. The lowest BCUT2D eigenvalue weighted by atomic mass is 9.91. The molecule has 1 fully saturated rings. The molecule has 1 aliphatic carbocycles. The summed E-state index contributed by atoms with van der Waals surface area (Å²) in [4.78, 5) is 11.0. The van der Waals surface area contributed by atoms with E-state index >= 15 is 0 Å². The minimum atomic E-state index is 0.210. The first-order valence-corrected chi connectivity index (χ1v) is 6.61. The zero-order chi connectivity index (χ0) is 13.1. The second-order valence-electron chi connectivity index (χ2n) is 4.96. The smallest absolute Gasteiger partial charge is 0.137 e. The normalized spacial score (nSPS) is 15.5. The lowest BCUT2D eigenvalue weighted by molar-refractivity contribution is 0.282. The minimum Gasteiger partial charge on any atom is -0.396 e. The molecule has 1 aromatic heterocycles. The number of anilines is 2. The van der Waals surface area contributed by atoms with E-state index < -0.39 is 0 Å². The Bertz CT molecular complexity index is 418. The van der Waals surface area contributed by atoms with Crippen LogP contribution < -0.4 is 10.6 Å². The van der Waals surface area contributed by atoms with E-state index in [1.54, 1.807) is 0 Å². The Kier molecular flexibility index (Phi) is 4.01. The monoisotopic (exact) mass is 250 g/mol.